The van der Waals surface area contributed by atoms with Crippen molar-refractivity contribution < 1.29 is 40.7 Å². The van der Waals surface area contributed by atoms with Crippen molar-refractivity contribution in [2.24, 2.45) is 0 Å². The van der Waals surface area contributed by atoms with E-state index in [1.165, 1.54) is 50.1 Å². The van der Waals surface area contributed by atoms with Gasteiger partial charge in [0.05, 0.1) is 147 Å². The number of nitriles is 3. The average molecular weight is 2060 g/mol. The van der Waals surface area contributed by atoms with Crippen LogP contribution in [-0.2, 0) is 14.4 Å². The maximum Gasteiger partial charge on any atom is 0.276 e. The highest BCUT2D eigenvalue weighted by molar-refractivity contribution is 6.46. The highest BCUT2D eigenvalue weighted by Crippen LogP contribution is 2.50. The highest BCUT2D eigenvalue weighted by Gasteiger charge is 2.40. The van der Waals surface area contributed by atoms with Crippen LogP contribution in [0, 0.1) is 89.7 Å². The van der Waals surface area contributed by atoms with E-state index in [0.29, 0.717) is 50.8 Å². The standard InChI is InChI=1S/3C32H28Cl3F2N7O2/c3*1-6-20(45)43-10-9-42(13-16(43)5)30-17-11-19(33)28(21-24(36)22(34)23(35)26(39)25(21)37)41-31(17)44(32(46)18(30)12-38)29-15(4)7-8-40-27(29)14(2)3/h3*6-8,11,14,16H,1,9-10,13,39H2,2-5H3/t3*16-/m111/s1. The fourth-order valence-corrected chi connectivity index (χ4v) is 19.3. The number of carbonyl (C=O) groups excluding carboxylic acids is 3. The van der Waals surface area contributed by atoms with E-state index in [2.05, 4.69) is 67.8 Å². The normalized spacial score (nSPS) is 15.0. The number of amides is 3. The summed E-state index contributed by atoms with van der Waals surface area (Å²) in [5.74, 6) is -8.70. The van der Waals surface area contributed by atoms with Crippen molar-refractivity contribution in [3.63, 3.8) is 0 Å². The summed E-state index contributed by atoms with van der Waals surface area (Å²) in [5, 5.41) is 28.0. The van der Waals surface area contributed by atoms with Crippen molar-refractivity contribution in [2.45, 2.75) is 119 Å². The van der Waals surface area contributed by atoms with Crippen molar-refractivity contribution in [1.29, 1.82) is 15.8 Å². The Morgan fingerprint density at radius 2 is 0.630 bits per heavy atom. The Hall–Kier alpha value is -12.7. The molecule has 12 aromatic rings. The highest BCUT2D eigenvalue weighted by atomic mass is 35.5. The predicted octanol–water partition coefficient (Wildman–Crippen LogP) is 20.4. The number of fused-ring (bicyclic) bond motifs is 3. The second-order valence-corrected chi connectivity index (χ2v) is 37.3. The number of nitrogens with two attached hydrogens (primary N) is 3. The van der Waals surface area contributed by atoms with Gasteiger partial charge in [-0.05, 0) is 131 Å². The molecule has 0 unspecified atom stereocenters. The largest absolute Gasteiger partial charge is 0.395 e. The van der Waals surface area contributed by atoms with Crippen LogP contribution in [0.1, 0.15) is 131 Å². The molecule has 3 amide bonds. The van der Waals surface area contributed by atoms with E-state index in [-0.39, 0.29) is 212 Å². The van der Waals surface area contributed by atoms with Crippen LogP contribution in [0.4, 0.5) is 60.5 Å². The number of benzene rings is 3. The molecule has 42 heteroatoms. The molecule has 0 saturated carbocycles. The van der Waals surface area contributed by atoms with Gasteiger partial charge in [-0.15, -0.1) is 0 Å². The van der Waals surface area contributed by atoms with Crippen molar-refractivity contribution in [3.8, 4) is 69.0 Å². The Balaban J connectivity index is 0.000000175. The summed E-state index contributed by atoms with van der Waals surface area (Å²) in [6.07, 6.45) is 8.49. The van der Waals surface area contributed by atoms with Crippen LogP contribution in [0.5, 0.6) is 0 Å². The number of piperazine rings is 3. The number of pyridine rings is 9. The zero-order valence-electron chi connectivity index (χ0n) is 75.8. The fourth-order valence-electron chi connectivity index (χ4n) is 17.5. The van der Waals surface area contributed by atoms with Crippen LogP contribution in [0.3, 0.4) is 0 Å². The third-order valence-electron chi connectivity index (χ3n) is 24.1. The van der Waals surface area contributed by atoms with E-state index >= 15 is 26.3 Å². The van der Waals surface area contributed by atoms with Crippen LogP contribution in [0.2, 0.25) is 45.2 Å². The van der Waals surface area contributed by atoms with Crippen molar-refractivity contribution in [1.82, 2.24) is 58.3 Å². The molecule has 714 valence electrons. The Bertz CT molecular complexity index is 6790. The molecule has 6 N–H and O–H groups in total. The van der Waals surface area contributed by atoms with E-state index in [9.17, 15) is 44.6 Å². The molecule has 3 saturated heterocycles. The van der Waals surface area contributed by atoms with E-state index in [1.54, 1.807) is 87.0 Å². The first-order chi connectivity index (χ1) is 65.2. The van der Waals surface area contributed by atoms with Crippen LogP contribution >= 0.6 is 104 Å². The summed E-state index contributed by atoms with van der Waals surface area (Å²) in [4.78, 5) is 118. The SMILES string of the molecule is C=CC(=O)N1CCN(c2c(C#N)c(=O)n(-c3c(C)ccnc3C(C)C)c3nc(-c4c(F)c(N)c(Cl)c(Cl)c4F)c(Cl)cc23)C[C@H]1C.C=CC(=O)N1CCN(c2c(C#N)c(=O)n(-c3c(C)ccnc3C(C)C)c3nc(-c4c(F)c(N)c(Cl)c(Cl)c4F)c(Cl)cc23)C[C@H]1C.C=CC(=O)N1CCN(c2c(C#N)c(=O)n(-c3c(C)ccnc3C(C)C)c3nc(-c4c(F)c(N)c(Cl)c(Cl)c4F)c(Cl)cc23)C[C@H]1C. The second-order valence-electron chi connectivity index (χ2n) is 33.8. The van der Waals surface area contributed by atoms with Gasteiger partial charge in [0.15, 0.2) is 34.9 Å². The zero-order chi connectivity index (χ0) is 101. The van der Waals surface area contributed by atoms with Gasteiger partial charge in [0.2, 0.25) is 17.7 Å². The zero-order valence-corrected chi connectivity index (χ0v) is 82.6. The van der Waals surface area contributed by atoms with Gasteiger partial charge in [-0.25, -0.2) is 41.3 Å². The number of nitrogens with zero attached hydrogens (tertiary/aromatic N) is 18. The number of aryl methyl sites for hydroxylation is 3. The summed E-state index contributed by atoms with van der Waals surface area (Å²) < 4.78 is 97.2. The number of anilines is 6. The number of hydrogen-bond acceptors (Lipinski definition) is 21. The third-order valence-corrected chi connectivity index (χ3v) is 27.5. The minimum absolute atomic E-state index is 0.0444. The minimum atomic E-state index is -1.24. The lowest BCUT2D eigenvalue weighted by molar-refractivity contribution is -0.129. The van der Waals surface area contributed by atoms with Gasteiger partial charge in [-0.3, -0.25) is 57.4 Å². The molecule has 138 heavy (non-hydrogen) atoms. The maximum absolute atomic E-state index is 15.6. The van der Waals surface area contributed by atoms with Gasteiger partial charge in [0.1, 0.15) is 51.8 Å². The van der Waals surface area contributed by atoms with E-state index in [4.69, 9.17) is 122 Å². The minimum Gasteiger partial charge on any atom is -0.395 e. The summed E-state index contributed by atoms with van der Waals surface area (Å²) in [7, 11) is 0. The summed E-state index contributed by atoms with van der Waals surface area (Å²) in [6.45, 7) is 35.2. The number of hydrogen-bond donors (Lipinski definition) is 3. The third kappa shape index (κ3) is 18.0. The quantitative estimate of drug-likeness (QED) is 0.0282. The molecule has 3 atom stereocenters. The van der Waals surface area contributed by atoms with Crippen molar-refractivity contribution in [2.75, 3.05) is 90.8 Å². The molecule has 0 radical (unpaired) electrons. The van der Waals surface area contributed by atoms with Gasteiger partial charge < -0.3 is 46.6 Å². The van der Waals surface area contributed by atoms with Crippen molar-refractivity contribution >= 4 is 189 Å². The lowest BCUT2D eigenvalue weighted by Crippen LogP contribution is -2.54. The van der Waals surface area contributed by atoms with Crippen LogP contribution < -0.4 is 48.6 Å². The Labute approximate surface area is 831 Å². The summed E-state index contributed by atoms with van der Waals surface area (Å²) >= 11 is 56.2. The van der Waals surface area contributed by atoms with E-state index in [0.717, 1.165) is 0 Å². The van der Waals surface area contributed by atoms with Crippen LogP contribution in [0.25, 0.3) is 83.9 Å². The molecule has 0 bridgehead atoms. The summed E-state index contributed by atoms with van der Waals surface area (Å²) in [5.41, 5.74) is 14.6. The Morgan fingerprint density at radius 1 is 0.399 bits per heavy atom. The monoisotopic (exact) mass is 2060 g/mol. The van der Waals surface area contributed by atoms with Gasteiger partial charge in [0, 0.05) is 112 Å². The molecule has 15 rings (SSSR count). The molecule has 0 spiro atoms. The molecule has 0 aliphatic carbocycles. The number of nitrogen functional groups attached to an aromatic ring is 3. The number of aromatic nitrogens is 9. The first-order valence-corrected chi connectivity index (χ1v) is 46.0. The predicted molar refractivity (Wildman–Crippen MR) is 531 cm³/mol. The van der Waals surface area contributed by atoms with Crippen molar-refractivity contribution in [3.05, 3.63) is 255 Å². The molecule has 12 heterocycles. The Morgan fingerprint density at radius 3 is 0.833 bits per heavy atom. The summed E-state index contributed by atoms with van der Waals surface area (Å²) in [6, 6.07) is 14.5. The van der Waals surface area contributed by atoms with Crippen LogP contribution in [-0.4, -0.2) is 153 Å². The fraction of sp³-hybridized carbons (Fsp3) is 0.281. The molecule has 3 aromatic carbocycles. The van der Waals surface area contributed by atoms with E-state index < -0.39 is 115 Å². The topological polar surface area (TPSA) is 363 Å². The number of rotatable bonds is 15. The number of carbonyl (C=O) groups is 3. The molecule has 3 aliphatic heterocycles. The Kier molecular flexibility index (Phi) is 30.3. The van der Waals surface area contributed by atoms with Crippen LogP contribution in [0.15, 0.2) is 107 Å². The van der Waals surface area contributed by atoms with Gasteiger partial charge in [-0.1, -0.05) is 166 Å². The van der Waals surface area contributed by atoms with Gasteiger partial charge in [0.25, 0.3) is 16.7 Å². The second kappa shape index (κ2) is 40.8. The molecule has 9 aromatic heterocycles. The molecule has 3 aliphatic rings. The lowest BCUT2D eigenvalue weighted by atomic mass is 10.0. The van der Waals surface area contributed by atoms with E-state index in [1.807, 2.05) is 62.3 Å². The first kappa shape index (κ1) is 103. The number of halogens is 15. The molecular formula is C96H84Cl9F6N21O6. The first-order valence-electron chi connectivity index (χ1n) is 42.6. The lowest BCUT2D eigenvalue weighted by Gasteiger charge is -2.41. The maximum atomic E-state index is 15.6. The van der Waals surface area contributed by atoms with Gasteiger partial charge >= 0.3 is 0 Å². The molecule has 3 fully saturated rings. The smallest absolute Gasteiger partial charge is 0.276 e. The average Bonchev–Trinajstić information content (AvgIpc) is 0.726. The van der Waals surface area contributed by atoms with Gasteiger partial charge in [-0.2, -0.15) is 15.8 Å². The molecular weight excluding hydrogens is 1980 g/mol. The molecule has 27 nitrogen and oxygen atoms in total.